The summed E-state index contributed by atoms with van der Waals surface area (Å²) in [5, 5.41) is 0.457. The van der Waals surface area contributed by atoms with Crippen molar-refractivity contribution in [1.29, 1.82) is 0 Å². The van der Waals surface area contributed by atoms with E-state index in [1.54, 1.807) is 35.2 Å². The monoisotopic (exact) mass is 430 g/mol. The summed E-state index contributed by atoms with van der Waals surface area (Å²) in [7, 11) is -4.30. The standard InChI is InChI=1S/C21H19ClN2O4S/c22-14-8-10-15(11-9-14)23-29(27,28)21-18(24-12-4-1-5-13-24)19(25)16-6-2-3-7-17(16)20(21)26/h2-3,6-11,23H,1,4-5,12-13H2. The molecule has 0 radical (unpaired) electrons. The molecule has 0 bridgehead atoms. The number of carbonyl (C=O) groups excluding carboxylic acids is 2. The number of ketones is 2. The van der Waals surface area contributed by atoms with Gasteiger partial charge in [-0.15, -0.1) is 0 Å². The molecule has 0 saturated carbocycles. The van der Waals surface area contributed by atoms with Crippen LogP contribution in [0.4, 0.5) is 5.69 Å². The van der Waals surface area contributed by atoms with Crippen molar-refractivity contribution in [3.8, 4) is 0 Å². The fourth-order valence-electron chi connectivity index (χ4n) is 3.72. The first-order chi connectivity index (χ1) is 13.9. The summed E-state index contributed by atoms with van der Waals surface area (Å²) < 4.78 is 28.9. The average Bonchev–Trinajstić information content (AvgIpc) is 2.72. The van der Waals surface area contributed by atoms with Gasteiger partial charge in [0.1, 0.15) is 5.70 Å². The van der Waals surface area contributed by atoms with Gasteiger partial charge in [0, 0.05) is 34.9 Å². The zero-order chi connectivity index (χ0) is 20.6. The molecule has 2 aliphatic rings. The number of benzene rings is 2. The Kier molecular flexibility index (Phi) is 5.19. The van der Waals surface area contributed by atoms with Gasteiger partial charge in [-0.2, -0.15) is 0 Å². The second kappa shape index (κ2) is 7.65. The van der Waals surface area contributed by atoms with Crippen LogP contribution < -0.4 is 4.72 Å². The lowest BCUT2D eigenvalue weighted by molar-refractivity contribution is 0.0939. The molecule has 0 spiro atoms. The summed E-state index contributed by atoms with van der Waals surface area (Å²) in [5.74, 6) is -1.10. The Morgan fingerprint density at radius 1 is 0.828 bits per heavy atom. The Morgan fingerprint density at radius 3 is 2.03 bits per heavy atom. The lowest BCUT2D eigenvalue weighted by Gasteiger charge is -2.33. The molecule has 29 heavy (non-hydrogen) atoms. The fourth-order valence-corrected chi connectivity index (χ4v) is 5.22. The minimum Gasteiger partial charge on any atom is -0.367 e. The second-order valence-corrected chi connectivity index (χ2v) is 9.10. The number of Topliss-reactive ketones (excluding diaryl/α,β-unsaturated/α-hetero) is 2. The summed E-state index contributed by atoms with van der Waals surface area (Å²) in [6.07, 6.45) is 2.68. The van der Waals surface area contributed by atoms with Gasteiger partial charge in [0.2, 0.25) is 11.6 Å². The van der Waals surface area contributed by atoms with Crippen LogP contribution in [-0.2, 0) is 10.0 Å². The third kappa shape index (κ3) is 3.68. The van der Waals surface area contributed by atoms with Crippen molar-refractivity contribution < 1.29 is 18.0 Å². The molecule has 1 N–H and O–H groups in total. The Bertz CT molecular complexity index is 1120. The van der Waals surface area contributed by atoms with Gasteiger partial charge in [0.15, 0.2) is 4.91 Å². The molecule has 6 nitrogen and oxygen atoms in total. The Hall–Kier alpha value is -2.64. The molecule has 1 saturated heterocycles. The first-order valence-electron chi connectivity index (χ1n) is 9.34. The highest BCUT2D eigenvalue weighted by atomic mass is 35.5. The van der Waals surface area contributed by atoms with Crippen molar-refractivity contribution in [2.24, 2.45) is 0 Å². The number of nitrogens with zero attached hydrogens (tertiary/aromatic N) is 1. The van der Waals surface area contributed by atoms with E-state index >= 15 is 0 Å². The first-order valence-corrected chi connectivity index (χ1v) is 11.2. The van der Waals surface area contributed by atoms with Gasteiger partial charge < -0.3 is 4.90 Å². The molecule has 0 unspecified atom stereocenters. The van der Waals surface area contributed by atoms with Gasteiger partial charge >= 0.3 is 0 Å². The molecule has 8 heteroatoms. The van der Waals surface area contributed by atoms with Crippen LogP contribution in [0.15, 0.2) is 59.1 Å². The maximum Gasteiger partial charge on any atom is 0.268 e. The van der Waals surface area contributed by atoms with Gasteiger partial charge in [-0.05, 0) is 43.5 Å². The SMILES string of the molecule is O=C1C(N2CCCCC2)=C(S(=O)(=O)Nc2ccc(Cl)cc2)C(=O)c2ccccc21. The summed E-state index contributed by atoms with van der Waals surface area (Å²) in [4.78, 5) is 27.7. The Labute approximate surface area is 174 Å². The van der Waals surface area contributed by atoms with Gasteiger partial charge in [-0.3, -0.25) is 14.3 Å². The minimum atomic E-state index is -4.30. The van der Waals surface area contributed by atoms with Crippen molar-refractivity contribution in [3.63, 3.8) is 0 Å². The van der Waals surface area contributed by atoms with E-state index in [4.69, 9.17) is 11.6 Å². The van der Waals surface area contributed by atoms with Crippen molar-refractivity contribution in [3.05, 3.63) is 75.3 Å². The van der Waals surface area contributed by atoms with Crippen molar-refractivity contribution in [2.45, 2.75) is 19.3 Å². The number of fused-ring (bicyclic) bond motifs is 1. The maximum absolute atomic E-state index is 13.3. The molecule has 0 amide bonds. The third-order valence-electron chi connectivity index (χ3n) is 5.09. The van der Waals surface area contributed by atoms with Gasteiger partial charge in [0.05, 0.1) is 0 Å². The van der Waals surface area contributed by atoms with Crippen LogP contribution in [-0.4, -0.2) is 38.0 Å². The van der Waals surface area contributed by atoms with E-state index in [-0.39, 0.29) is 22.5 Å². The average molecular weight is 431 g/mol. The molecule has 4 rings (SSSR count). The number of sulfonamides is 1. The molecular weight excluding hydrogens is 412 g/mol. The zero-order valence-corrected chi connectivity index (χ0v) is 17.1. The van der Waals surface area contributed by atoms with Gasteiger partial charge in [0.25, 0.3) is 10.0 Å². The van der Waals surface area contributed by atoms with Crippen LogP contribution in [0.25, 0.3) is 0 Å². The molecule has 150 valence electrons. The first kappa shape index (κ1) is 19.7. The van der Waals surface area contributed by atoms with E-state index < -0.39 is 26.5 Å². The van der Waals surface area contributed by atoms with Crippen molar-refractivity contribution in [2.75, 3.05) is 17.8 Å². The number of hydrogen-bond acceptors (Lipinski definition) is 5. The lowest BCUT2D eigenvalue weighted by atomic mass is 9.91. The van der Waals surface area contributed by atoms with Crippen LogP contribution >= 0.6 is 11.6 Å². The molecule has 1 aliphatic heterocycles. The number of carbonyl (C=O) groups is 2. The molecule has 0 atom stereocenters. The highest BCUT2D eigenvalue weighted by molar-refractivity contribution is 7.97. The van der Waals surface area contributed by atoms with E-state index in [1.165, 1.54) is 18.2 Å². The number of piperidine rings is 1. The fraction of sp³-hybridized carbons (Fsp3) is 0.238. The van der Waals surface area contributed by atoms with Crippen molar-refractivity contribution >= 4 is 38.9 Å². The van der Waals surface area contributed by atoms with Crippen LogP contribution in [0.2, 0.25) is 5.02 Å². The normalized spacial score (nSPS) is 17.3. The predicted molar refractivity (Wildman–Crippen MR) is 112 cm³/mol. The molecule has 2 aromatic carbocycles. The number of rotatable bonds is 4. The number of likely N-dealkylation sites (tertiary alicyclic amines) is 1. The van der Waals surface area contributed by atoms with E-state index in [0.29, 0.717) is 18.1 Å². The molecule has 1 aliphatic carbocycles. The second-order valence-electron chi connectivity index (χ2n) is 7.04. The number of nitrogens with one attached hydrogen (secondary N) is 1. The van der Waals surface area contributed by atoms with E-state index in [9.17, 15) is 18.0 Å². The summed E-state index contributed by atoms with van der Waals surface area (Å²) in [6, 6.07) is 12.4. The number of halogens is 1. The number of anilines is 1. The van der Waals surface area contributed by atoms with Crippen LogP contribution in [0.1, 0.15) is 40.0 Å². The number of hydrogen-bond donors (Lipinski definition) is 1. The molecule has 2 aromatic rings. The molecule has 1 heterocycles. The molecule has 0 aromatic heterocycles. The Balaban J connectivity index is 1.85. The van der Waals surface area contributed by atoms with Crippen molar-refractivity contribution in [1.82, 2.24) is 4.90 Å². The van der Waals surface area contributed by atoms with E-state index in [1.807, 2.05) is 0 Å². The topological polar surface area (TPSA) is 83.6 Å². The summed E-state index contributed by atoms with van der Waals surface area (Å²) in [6.45, 7) is 1.08. The van der Waals surface area contributed by atoms with Crippen LogP contribution in [0.3, 0.4) is 0 Å². The van der Waals surface area contributed by atoms with Gasteiger partial charge in [-0.1, -0.05) is 35.9 Å². The maximum atomic E-state index is 13.3. The zero-order valence-electron chi connectivity index (χ0n) is 15.5. The summed E-state index contributed by atoms with van der Waals surface area (Å²) in [5.41, 5.74) is 0.576. The van der Waals surface area contributed by atoms with E-state index in [0.717, 1.165) is 19.3 Å². The molecular formula is C21H19ClN2O4S. The lowest BCUT2D eigenvalue weighted by Crippen LogP contribution is -2.40. The number of allylic oxidation sites excluding steroid dienone is 2. The van der Waals surface area contributed by atoms with Gasteiger partial charge in [-0.25, -0.2) is 8.42 Å². The van der Waals surface area contributed by atoms with E-state index in [2.05, 4.69) is 4.72 Å². The van der Waals surface area contributed by atoms with Crippen LogP contribution in [0.5, 0.6) is 0 Å². The highest BCUT2D eigenvalue weighted by Gasteiger charge is 2.41. The quantitative estimate of drug-likeness (QED) is 0.796. The summed E-state index contributed by atoms with van der Waals surface area (Å²) >= 11 is 5.86. The largest absolute Gasteiger partial charge is 0.367 e. The highest BCUT2D eigenvalue weighted by Crippen LogP contribution is 2.33. The smallest absolute Gasteiger partial charge is 0.268 e. The predicted octanol–water partition coefficient (Wildman–Crippen LogP) is 3.86. The molecule has 1 fully saturated rings. The Morgan fingerprint density at radius 2 is 1.41 bits per heavy atom. The third-order valence-corrected chi connectivity index (χ3v) is 6.76. The van der Waals surface area contributed by atoms with Crippen LogP contribution in [0, 0.1) is 0 Å². The minimum absolute atomic E-state index is 0.0325.